The van der Waals surface area contributed by atoms with E-state index in [1.54, 1.807) is 0 Å². The van der Waals surface area contributed by atoms with Crippen molar-refractivity contribution in [2.24, 2.45) is 0 Å². The van der Waals surface area contributed by atoms with Gasteiger partial charge in [0.1, 0.15) is 11.0 Å². The molecular weight excluding hydrogens is 379 g/mol. The lowest BCUT2D eigenvalue weighted by atomic mass is 10.2. The van der Waals surface area contributed by atoms with Gasteiger partial charge in [0.05, 0.1) is 15.0 Å². The van der Waals surface area contributed by atoms with E-state index in [1.165, 1.54) is 25.7 Å². The van der Waals surface area contributed by atoms with Crippen LogP contribution in [0.1, 0.15) is 50.5 Å². The number of halogens is 2. The third-order valence-corrected chi connectivity index (χ3v) is 6.26. The SMILES string of the molecule is CCCc1nc(CSC2CCCC2)nc(Cl)c1I. The second kappa shape index (κ2) is 7.29. The number of thioether (sulfide) groups is 1. The van der Waals surface area contributed by atoms with Crippen LogP contribution < -0.4 is 0 Å². The van der Waals surface area contributed by atoms with Gasteiger partial charge in [-0.25, -0.2) is 9.97 Å². The molecule has 0 amide bonds. The molecular formula is C13H18ClIN2S. The van der Waals surface area contributed by atoms with Crippen LogP contribution in [0.15, 0.2) is 0 Å². The van der Waals surface area contributed by atoms with Crippen LogP contribution in [0.5, 0.6) is 0 Å². The molecule has 1 aromatic rings. The second-order valence-corrected chi connectivity index (χ2v) is 7.38. The Morgan fingerprint density at radius 2 is 2.06 bits per heavy atom. The molecule has 0 radical (unpaired) electrons. The van der Waals surface area contributed by atoms with E-state index in [4.69, 9.17) is 11.6 Å². The molecule has 1 saturated carbocycles. The molecule has 100 valence electrons. The molecule has 2 nitrogen and oxygen atoms in total. The van der Waals surface area contributed by atoms with Crippen molar-refractivity contribution in [2.75, 3.05) is 0 Å². The first-order valence-electron chi connectivity index (χ1n) is 6.53. The molecule has 1 aliphatic carbocycles. The van der Waals surface area contributed by atoms with Crippen LogP contribution in [0.4, 0.5) is 0 Å². The summed E-state index contributed by atoms with van der Waals surface area (Å²) >= 11 is 10.4. The van der Waals surface area contributed by atoms with E-state index in [9.17, 15) is 0 Å². The summed E-state index contributed by atoms with van der Waals surface area (Å²) in [4.78, 5) is 9.06. The normalized spacial score (nSPS) is 16.4. The minimum Gasteiger partial charge on any atom is -0.236 e. The van der Waals surface area contributed by atoms with Crippen molar-refractivity contribution < 1.29 is 0 Å². The zero-order valence-corrected chi connectivity index (χ0v) is 14.3. The molecule has 0 N–H and O–H groups in total. The van der Waals surface area contributed by atoms with Crippen molar-refractivity contribution in [3.8, 4) is 0 Å². The highest BCUT2D eigenvalue weighted by Crippen LogP contribution is 2.31. The Labute approximate surface area is 132 Å². The number of hydrogen-bond donors (Lipinski definition) is 0. The van der Waals surface area contributed by atoms with Gasteiger partial charge in [0.15, 0.2) is 0 Å². The van der Waals surface area contributed by atoms with E-state index in [-0.39, 0.29) is 0 Å². The van der Waals surface area contributed by atoms with Crippen molar-refractivity contribution >= 4 is 46.0 Å². The van der Waals surface area contributed by atoms with Crippen LogP contribution in [0.2, 0.25) is 5.15 Å². The van der Waals surface area contributed by atoms with E-state index in [2.05, 4.69) is 39.5 Å². The lowest BCUT2D eigenvalue weighted by Gasteiger charge is -2.10. The van der Waals surface area contributed by atoms with E-state index in [1.807, 2.05) is 11.8 Å². The van der Waals surface area contributed by atoms with Gasteiger partial charge in [-0.3, -0.25) is 0 Å². The zero-order chi connectivity index (χ0) is 13.0. The summed E-state index contributed by atoms with van der Waals surface area (Å²) in [5.74, 6) is 1.80. The highest BCUT2D eigenvalue weighted by atomic mass is 127. The fourth-order valence-corrected chi connectivity index (χ4v) is 4.12. The molecule has 0 bridgehead atoms. The molecule has 0 aliphatic heterocycles. The van der Waals surface area contributed by atoms with Crippen LogP contribution in [-0.4, -0.2) is 15.2 Å². The van der Waals surface area contributed by atoms with Crippen LogP contribution in [0, 0.1) is 3.57 Å². The molecule has 1 aliphatic rings. The quantitative estimate of drug-likeness (QED) is 0.525. The summed E-state index contributed by atoms with van der Waals surface area (Å²) < 4.78 is 1.02. The number of rotatable bonds is 5. The van der Waals surface area contributed by atoms with Gasteiger partial charge in [-0.2, -0.15) is 11.8 Å². The van der Waals surface area contributed by atoms with Gasteiger partial charge in [0, 0.05) is 5.25 Å². The van der Waals surface area contributed by atoms with E-state index in [0.29, 0.717) is 5.15 Å². The summed E-state index contributed by atoms with van der Waals surface area (Å²) in [6.45, 7) is 2.17. The molecule has 1 heterocycles. The molecule has 1 aromatic heterocycles. The predicted octanol–water partition coefficient (Wildman–Crippen LogP) is 4.86. The van der Waals surface area contributed by atoms with Crippen LogP contribution in [0.3, 0.4) is 0 Å². The molecule has 2 rings (SSSR count). The summed E-state index contributed by atoms with van der Waals surface area (Å²) in [7, 11) is 0. The predicted molar refractivity (Wildman–Crippen MR) is 87.3 cm³/mol. The van der Waals surface area contributed by atoms with Gasteiger partial charge < -0.3 is 0 Å². The highest BCUT2D eigenvalue weighted by Gasteiger charge is 2.17. The molecule has 18 heavy (non-hydrogen) atoms. The summed E-state index contributed by atoms with van der Waals surface area (Å²) in [6, 6.07) is 0. The average Bonchev–Trinajstić information content (AvgIpc) is 2.86. The zero-order valence-electron chi connectivity index (χ0n) is 10.6. The third kappa shape index (κ3) is 3.97. The van der Waals surface area contributed by atoms with Crippen molar-refractivity contribution in [3.63, 3.8) is 0 Å². The minimum absolute atomic E-state index is 0.621. The Balaban J connectivity index is 2.02. The summed E-state index contributed by atoms with van der Waals surface area (Å²) in [6.07, 6.45) is 7.55. The topological polar surface area (TPSA) is 25.8 Å². The maximum Gasteiger partial charge on any atom is 0.146 e. The van der Waals surface area contributed by atoms with Gasteiger partial charge in [-0.05, 0) is 41.9 Å². The summed E-state index contributed by atoms with van der Waals surface area (Å²) in [5, 5.41) is 1.43. The van der Waals surface area contributed by atoms with Crippen molar-refractivity contribution in [3.05, 3.63) is 20.2 Å². The van der Waals surface area contributed by atoms with Gasteiger partial charge in [0.2, 0.25) is 0 Å². The van der Waals surface area contributed by atoms with Gasteiger partial charge in [0.25, 0.3) is 0 Å². The second-order valence-electron chi connectivity index (χ2n) is 4.66. The van der Waals surface area contributed by atoms with Crippen molar-refractivity contribution in [1.82, 2.24) is 9.97 Å². The fraction of sp³-hybridized carbons (Fsp3) is 0.692. The molecule has 5 heteroatoms. The van der Waals surface area contributed by atoms with E-state index < -0.39 is 0 Å². The average molecular weight is 397 g/mol. The van der Waals surface area contributed by atoms with E-state index in [0.717, 1.165) is 38.9 Å². The molecule has 0 unspecified atom stereocenters. The summed E-state index contributed by atoms with van der Waals surface area (Å²) in [5.41, 5.74) is 1.11. The van der Waals surface area contributed by atoms with Crippen LogP contribution in [0.25, 0.3) is 0 Å². The Kier molecular flexibility index (Phi) is 6.01. The Hall–Kier alpha value is 0.450. The largest absolute Gasteiger partial charge is 0.236 e. The van der Waals surface area contributed by atoms with Gasteiger partial charge in [-0.15, -0.1) is 0 Å². The molecule has 0 aromatic carbocycles. The Bertz CT molecular complexity index is 408. The molecule has 1 fully saturated rings. The molecule has 0 spiro atoms. The Morgan fingerprint density at radius 1 is 1.33 bits per heavy atom. The molecule has 0 atom stereocenters. The minimum atomic E-state index is 0.621. The highest BCUT2D eigenvalue weighted by molar-refractivity contribution is 14.1. The van der Waals surface area contributed by atoms with Gasteiger partial charge >= 0.3 is 0 Å². The van der Waals surface area contributed by atoms with Crippen molar-refractivity contribution in [1.29, 1.82) is 0 Å². The third-order valence-electron chi connectivity index (χ3n) is 3.16. The first-order chi connectivity index (χ1) is 8.70. The van der Waals surface area contributed by atoms with E-state index >= 15 is 0 Å². The first-order valence-corrected chi connectivity index (χ1v) is 9.03. The standard InChI is InChI=1S/C13H18ClIN2S/c1-2-5-10-12(15)13(14)17-11(16-10)8-18-9-6-3-4-7-9/h9H,2-8H2,1H3. The number of aryl methyl sites for hydroxylation is 1. The fourth-order valence-electron chi connectivity index (χ4n) is 2.23. The lowest BCUT2D eigenvalue weighted by molar-refractivity contribution is 0.842. The van der Waals surface area contributed by atoms with Crippen LogP contribution >= 0.6 is 46.0 Å². The maximum absolute atomic E-state index is 6.18. The van der Waals surface area contributed by atoms with Crippen molar-refractivity contribution in [2.45, 2.75) is 56.5 Å². The maximum atomic E-state index is 6.18. The Morgan fingerprint density at radius 3 is 2.72 bits per heavy atom. The number of aromatic nitrogens is 2. The van der Waals surface area contributed by atoms with Crippen LogP contribution in [-0.2, 0) is 12.2 Å². The van der Waals surface area contributed by atoms with Gasteiger partial charge in [-0.1, -0.05) is 37.8 Å². The number of hydrogen-bond acceptors (Lipinski definition) is 3. The number of nitrogens with zero attached hydrogens (tertiary/aromatic N) is 2. The molecule has 0 saturated heterocycles. The monoisotopic (exact) mass is 396 g/mol. The first kappa shape index (κ1) is 14.9. The smallest absolute Gasteiger partial charge is 0.146 e. The lowest BCUT2D eigenvalue weighted by Crippen LogP contribution is -2.04.